The zero-order valence-electron chi connectivity index (χ0n) is 15.5. The van der Waals surface area contributed by atoms with Crippen LogP contribution in [0, 0.1) is 11.8 Å². The molecule has 136 valence electrons. The van der Waals surface area contributed by atoms with Crippen LogP contribution in [0.25, 0.3) is 0 Å². The molecule has 0 atom stereocenters. The Balaban J connectivity index is 2.00. The number of hydrogen-bond acceptors (Lipinski definition) is 4. The zero-order valence-corrected chi connectivity index (χ0v) is 15.5. The van der Waals surface area contributed by atoms with E-state index >= 15 is 0 Å². The van der Waals surface area contributed by atoms with E-state index < -0.39 is 0 Å². The summed E-state index contributed by atoms with van der Waals surface area (Å²) in [7, 11) is 3.10. The van der Waals surface area contributed by atoms with E-state index in [1.165, 1.54) is 7.11 Å². The lowest BCUT2D eigenvalue weighted by Gasteiger charge is -2.13. The highest BCUT2D eigenvalue weighted by molar-refractivity contribution is 5.99. The van der Waals surface area contributed by atoms with Crippen LogP contribution in [-0.4, -0.2) is 26.6 Å². The zero-order chi connectivity index (χ0) is 18.8. The minimum atomic E-state index is 0.0150. The molecule has 0 bridgehead atoms. The highest BCUT2D eigenvalue weighted by atomic mass is 16.5. The number of rotatable bonds is 8. The maximum atomic E-state index is 12.2. The standard InChI is InChI=1S/C22H24O4/c1-4-20(23)19-14-18(15-21(24-2)22(19)25-3)12-8-9-13-26-16-17-10-6-5-7-11-17/h5-7,10-11,14-15H,4,12-13,16H2,1-3H3. The van der Waals surface area contributed by atoms with Gasteiger partial charge in [-0.2, -0.15) is 0 Å². The molecule has 0 fully saturated rings. The Kier molecular flexibility index (Phi) is 7.73. The molecule has 0 saturated heterocycles. The van der Waals surface area contributed by atoms with Gasteiger partial charge in [-0.25, -0.2) is 0 Å². The Morgan fingerprint density at radius 3 is 2.42 bits per heavy atom. The highest BCUT2D eigenvalue weighted by Gasteiger charge is 2.16. The predicted octanol–water partition coefficient (Wildman–Crippen LogP) is 4.06. The van der Waals surface area contributed by atoms with Gasteiger partial charge in [-0.1, -0.05) is 49.1 Å². The molecule has 0 heterocycles. The normalized spacial score (nSPS) is 9.96. The number of carbonyl (C=O) groups is 1. The minimum Gasteiger partial charge on any atom is -0.493 e. The van der Waals surface area contributed by atoms with Crippen LogP contribution in [-0.2, 0) is 17.8 Å². The fraction of sp³-hybridized carbons (Fsp3) is 0.318. The first-order valence-corrected chi connectivity index (χ1v) is 8.55. The van der Waals surface area contributed by atoms with Crippen molar-refractivity contribution in [3.8, 4) is 23.3 Å². The number of ether oxygens (including phenoxy) is 3. The summed E-state index contributed by atoms with van der Waals surface area (Å²) in [6.07, 6.45) is 0.918. The lowest BCUT2D eigenvalue weighted by molar-refractivity contribution is 0.0984. The van der Waals surface area contributed by atoms with Crippen molar-refractivity contribution in [1.82, 2.24) is 0 Å². The van der Waals surface area contributed by atoms with Gasteiger partial charge in [0.25, 0.3) is 0 Å². The molecule has 0 spiro atoms. The van der Waals surface area contributed by atoms with Crippen molar-refractivity contribution in [2.75, 3.05) is 20.8 Å². The van der Waals surface area contributed by atoms with Gasteiger partial charge < -0.3 is 14.2 Å². The highest BCUT2D eigenvalue weighted by Crippen LogP contribution is 2.33. The van der Waals surface area contributed by atoms with Gasteiger partial charge in [0, 0.05) is 12.8 Å². The van der Waals surface area contributed by atoms with Gasteiger partial charge in [0.15, 0.2) is 17.3 Å². The van der Waals surface area contributed by atoms with Crippen LogP contribution in [0.15, 0.2) is 42.5 Å². The Morgan fingerprint density at radius 1 is 1.00 bits per heavy atom. The largest absolute Gasteiger partial charge is 0.493 e. The van der Waals surface area contributed by atoms with Crippen molar-refractivity contribution < 1.29 is 19.0 Å². The molecule has 0 aliphatic rings. The summed E-state index contributed by atoms with van der Waals surface area (Å²) < 4.78 is 16.2. The Bertz CT molecular complexity index is 785. The second kappa shape index (κ2) is 10.3. The van der Waals surface area contributed by atoms with E-state index in [0.717, 1.165) is 11.1 Å². The first-order valence-electron chi connectivity index (χ1n) is 8.55. The molecule has 0 aliphatic carbocycles. The minimum absolute atomic E-state index is 0.0150. The monoisotopic (exact) mass is 352 g/mol. The predicted molar refractivity (Wildman–Crippen MR) is 102 cm³/mol. The van der Waals surface area contributed by atoms with E-state index in [4.69, 9.17) is 14.2 Å². The maximum absolute atomic E-state index is 12.2. The third-order valence-corrected chi connectivity index (χ3v) is 3.86. The van der Waals surface area contributed by atoms with E-state index in [2.05, 4.69) is 11.8 Å². The average molecular weight is 352 g/mol. The van der Waals surface area contributed by atoms with Gasteiger partial charge in [-0.15, -0.1) is 0 Å². The van der Waals surface area contributed by atoms with Crippen LogP contribution in [0.4, 0.5) is 0 Å². The third kappa shape index (κ3) is 5.37. The van der Waals surface area contributed by atoms with Crippen LogP contribution in [0.5, 0.6) is 11.5 Å². The fourth-order valence-electron chi connectivity index (χ4n) is 2.53. The molecule has 4 nitrogen and oxygen atoms in total. The van der Waals surface area contributed by atoms with E-state index in [9.17, 15) is 4.79 Å². The smallest absolute Gasteiger partial charge is 0.171 e. The molecule has 4 heteroatoms. The molecule has 0 aromatic heterocycles. The Labute approximate surface area is 155 Å². The van der Waals surface area contributed by atoms with Crippen LogP contribution in [0.2, 0.25) is 0 Å². The van der Waals surface area contributed by atoms with Gasteiger partial charge in [0.1, 0.15) is 6.61 Å². The van der Waals surface area contributed by atoms with Gasteiger partial charge in [0.2, 0.25) is 0 Å². The van der Waals surface area contributed by atoms with Crippen molar-refractivity contribution in [3.63, 3.8) is 0 Å². The van der Waals surface area contributed by atoms with Gasteiger partial charge in [0.05, 0.1) is 26.4 Å². The first kappa shape index (κ1) is 19.6. The second-order valence-corrected chi connectivity index (χ2v) is 5.66. The van der Waals surface area contributed by atoms with Crippen LogP contribution in [0.1, 0.15) is 34.8 Å². The third-order valence-electron chi connectivity index (χ3n) is 3.86. The Morgan fingerprint density at radius 2 is 1.77 bits per heavy atom. The molecule has 2 aromatic rings. The van der Waals surface area contributed by atoms with Gasteiger partial charge in [-0.3, -0.25) is 4.79 Å². The van der Waals surface area contributed by atoms with Crippen molar-refractivity contribution in [2.45, 2.75) is 26.4 Å². The van der Waals surface area contributed by atoms with E-state index in [-0.39, 0.29) is 5.78 Å². The molecule has 0 saturated carbocycles. The Hall–Kier alpha value is -2.77. The number of ketones is 1. The number of hydrogen-bond donors (Lipinski definition) is 0. The van der Waals surface area contributed by atoms with E-state index in [0.29, 0.717) is 43.1 Å². The molecule has 0 unspecified atom stereocenters. The molecular formula is C22H24O4. The summed E-state index contributed by atoms with van der Waals surface area (Å²) in [5.41, 5.74) is 2.57. The van der Waals surface area contributed by atoms with Crippen molar-refractivity contribution in [2.24, 2.45) is 0 Å². The quantitative estimate of drug-likeness (QED) is 0.408. The summed E-state index contributed by atoms with van der Waals surface area (Å²) >= 11 is 0. The second-order valence-electron chi connectivity index (χ2n) is 5.66. The average Bonchev–Trinajstić information content (AvgIpc) is 2.69. The van der Waals surface area contributed by atoms with Crippen molar-refractivity contribution >= 4 is 5.78 Å². The molecule has 2 aromatic carbocycles. The lowest BCUT2D eigenvalue weighted by atomic mass is 10.0. The van der Waals surface area contributed by atoms with E-state index in [1.807, 2.05) is 49.4 Å². The lowest BCUT2D eigenvalue weighted by Crippen LogP contribution is -2.04. The molecule has 26 heavy (non-hydrogen) atoms. The fourth-order valence-corrected chi connectivity index (χ4v) is 2.53. The summed E-state index contributed by atoms with van der Waals surface area (Å²) in [5, 5.41) is 0. The summed E-state index contributed by atoms with van der Waals surface area (Å²) in [5.74, 6) is 7.12. The SMILES string of the molecule is CCC(=O)c1cc(CC#CCOCc2ccccc2)cc(OC)c1OC. The van der Waals surface area contributed by atoms with Gasteiger partial charge >= 0.3 is 0 Å². The molecule has 0 N–H and O–H groups in total. The number of carbonyl (C=O) groups excluding carboxylic acids is 1. The summed E-state index contributed by atoms with van der Waals surface area (Å²) in [6, 6.07) is 13.7. The van der Waals surface area contributed by atoms with Crippen LogP contribution < -0.4 is 9.47 Å². The van der Waals surface area contributed by atoms with Gasteiger partial charge in [-0.05, 0) is 23.3 Å². The topological polar surface area (TPSA) is 44.8 Å². The van der Waals surface area contributed by atoms with Crippen molar-refractivity contribution in [3.05, 3.63) is 59.2 Å². The molecule has 2 rings (SSSR count). The number of methoxy groups -OCH3 is 2. The molecule has 0 radical (unpaired) electrons. The van der Waals surface area contributed by atoms with E-state index in [1.54, 1.807) is 7.11 Å². The summed E-state index contributed by atoms with van der Waals surface area (Å²) in [6.45, 7) is 2.73. The first-order chi connectivity index (χ1) is 12.7. The maximum Gasteiger partial charge on any atom is 0.171 e. The van der Waals surface area contributed by atoms with Crippen LogP contribution in [0.3, 0.4) is 0 Å². The molecule has 0 aliphatic heterocycles. The number of Topliss-reactive ketones (excluding diaryl/α,β-unsaturated/α-hetero) is 1. The number of benzene rings is 2. The molecule has 0 amide bonds. The summed E-state index contributed by atoms with van der Waals surface area (Å²) in [4.78, 5) is 12.2. The molecular weight excluding hydrogens is 328 g/mol. The van der Waals surface area contributed by atoms with Crippen LogP contribution >= 0.6 is 0 Å². The van der Waals surface area contributed by atoms with Crippen molar-refractivity contribution in [1.29, 1.82) is 0 Å².